The number of carboxylic acids is 1. The highest BCUT2D eigenvalue weighted by atomic mass is 16.5. The van der Waals surface area contributed by atoms with E-state index in [0.717, 1.165) is 12.0 Å². The van der Waals surface area contributed by atoms with Crippen LogP contribution in [0, 0.1) is 0 Å². The number of carbonyl (C=O) groups is 2. The van der Waals surface area contributed by atoms with E-state index in [1.807, 2.05) is 6.21 Å². The predicted octanol–water partition coefficient (Wildman–Crippen LogP) is 1.53. The van der Waals surface area contributed by atoms with Gasteiger partial charge in [0.1, 0.15) is 0 Å². The van der Waals surface area contributed by atoms with Crippen LogP contribution in [0.25, 0.3) is 0 Å². The fourth-order valence-corrected chi connectivity index (χ4v) is 1.30. The van der Waals surface area contributed by atoms with Crippen molar-refractivity contribution in [1.29, 1.82) is 0 Å². The van der Waals surface area contributed by atoms with Gasteiger partial charge >= 0.3 is 11.9 Å². The first-order valence-electron chi connectivity index (χ1n) is 5.25. The van der Waals surface area contributed by atoms with Crippen molar-refractivity contribution in [2.45, 2.75) is 32.1 Å². The highest BCUT2D eigenvalue weighted by Crippen LogP contribution is 2.11. The van der Waals surface area contributed by atoms with Gasteiger partial charge in [-0.05, 0) is 12.0 Å². The summed E-state index contributed by atoms with van der Waals surface area (Å²) in [5.41, 5.74) is 1.15. The van der Waals surface area contributed by atoms with Gasteiger partial charge in [0, 0.05) is 38.1 Å². The number of ether oxygens (including phenoxy) is 1. The lowest BCUT2D eigenvalue weighted by Crippen LogP contribution is -2.07. The van der Waals surface area contributed by atoms with Gasteiger partial charge in [-0.25, -0.2) is 0 Å². The van der Waals surface area contributed by atoms with Gasteiger partial charge in [0.2, 0.25) is 0 Å². The van der Waals surface area contributed by atoms with E-state index in [0.29, 0.717) is 19.4 Å². The average Bonchev–Trinajstić information content (AvgIpc) is 2.70. The van der Waals surface area contributed by atoms with Crippen molar-refractivity contribution >= 4 is 18.2 Å². The zero-order valence-electron chi connectivity index (χ0n) is 9.02. The number of hydrogen-bond donors (Lipinski definition) is 1. The molecule has 0 aromatic heterocycles. The Morgan fingerprint density at radius 3 is 2.88 bits per heavy atom. The van der Waals surface area contributed by atoms with Crippen LogP contribution in [-0.4, -0.2) is 29.9 Å². The molecule has 16 heavy (non-hydrogen) atoms. The first-order chi connectivity index (χ1) is 7.68. The fourth-order valence-electron chi connectivity index (χ4n) is 1.30. The quantitative estimate of drug-likeness (QED) is 0.666. The fraction of sp³-hybridized carbons (Fsp3) is 0.545. The molecule has 88 valence electrons. The molecule has 0 amide bonds. The minimum absolute atomic E-state index is 0.00803. The van der Waals surface area contributed by atoms with E-state index in [2.05, 4.69) is 4.99 Å². The Morgan fingerprint density at radius 2 is 2.25 bits per heavy atom. The molecule has 5 nitrogen and oxygen atoms in total. The Morgan fingerprint density at radius 1 is 1.44 bits per heavy atom. The molecule has 0 aliphatic carbocycles. The largest absolute Gasteiger partial charge is 0.481 e. The van der Waals surface area contributed by atoms with Gasteiger partial charge in [0.25, 0.3) is 0 Å². The Kier molecular flexibility index (Phi) is 5.25. The zero-order chi connectivity index (χ0) is 11.8. The summed E-state index contributed by atoms with van der Waals surface area (Å²) in [7, 11) is 0. The molecule has 5 heteroatoms. The summed E-state index contributed by atoms with van der Waals surface area (Å²) in [5.74, 6) is -1.22. The number of carboxylic acid groups (broad SMARTS) is 1. The average molecular weight is 225 g/mol. The number of aliphatic imine (C=N–C) groups is 1. The lowest BCUT2D eigenvalue weighted by Gasteiger charge is -2.04. The molecular weight excluding hydrogens is 210 g/mol. The summed E-state index contributed by atoms with van der Waals surface area (Å²) < 4.78 is 4.96. The Labute approximate surface area is 93.8 Å². The Balaban J connectivity index is 2.00. The molecule has 0 saturated carbocycles. The van der Waals surface area contributed by atoms with Crippen LogP contribution < -0.4 is 0 Å². The van der Waals surface area contributed by atoms with E-state index >= 15 is 0 Å². The minimum atomic E-state index is -0.888. The van der Waals surface area contributed by atoms with Gasteiger partial charge in [0.15, 0.2) is 0 Å². The number of esters is 1. The van der Waals surface area contributed by atoms with Crippen LogP contribution in [-0.2, 0) is 14.3 Å². The van der Waals surface area contributed by atoms with Crippen molar-refractivity contribution in [3.05, 3.63) is 11.8 Å². The maximum absolute atomic E-state index is 11.1. The van der Waals surface area contributed by atoms with E-state index in [1.54, 1.807) is 6.20 Å². The molecule has 0 spiro atoms. The Hall–Kier alpha value is -1.65. The molecule has 0 aromatic carbocycles. The van der Waals surface area contributed by atoms with E-state index < -0.39 is 5.97 Å². The van der Waals surface area contributed by atoms with Crippen LogP contribution in [0.4, 0.5) is 0 Å². The molecule has 1 rings (SSSR count). The number of hydrogen-bond acceptors (Lipinski definition) is 4. The van der Waals surface area contributed by atoms with Gasteiger partial charge in [-0.2, -0.15) is 0 Å². The molecule has 0 bridgehead atoms. The second kappa shape index (κ2) is 6.76. The first kappa shape index (κ1) is 12.4. The maximum atomic E-state index is 11.1. The maximum Gasteiger partial charge on any atom is 0.305 e. The van der Waals surface area contributed by atoms with Crippen LogP contribution in [0.3, 0.4) is 0 Å². The SMILES string of the molecule is O=C(O)CCCC(=O)OCCC1=CN=CC1. The van der Waals surface area contributed by atoms with Gasteiger partial charge in [0.05, 0.1) is 6.61 Å². The standard InChI is InChI=1S/C11H15NO4/c13-10(14)2-1-3-11(15)16-7-5-9-4-6-12-8-9/h6,8H,1-5,7H2,(H,13,14). The van der Waals surface area contributed by atoms with E-state index in [9.17, 15) is 9.59 Å². The second-order valence-corrected chi connectivity index (χ2v) is 3.54. The highest BCUT2D eigenvalue weighted by Gasteiger charge is 2.06. The van der Waals surface area contributed by atoms with Crippen molar-refractivity contribution in [3.8, 4) is 0 Å². The van der Waals surface area contributed by atoms with Crippen LogP contribution in [0.1, 0.15) is 32.1 Å². The second-order valence-electron chi connectivity index (χ2n) is 3.54. The summed E-state index contributed by atoms with van der Waals surface area (Å²) in [6.07, 6.45) is 5.62. The first-order valence-corrected chi connectivity index (χ1v) is 5.25. The molecule has 0 radical (unpaired) electrons. The summed E-state index contributed by atoms with van der Waals surface area (Å²) in [4.78, 5) is 25.3. The molecule has 1 aliphatic rings. The summed E-state index contributed by atoms with van der Waals surface area (Å²) in [5, 5.41) is 8.37. The predicted molar refractivity (Wildman–Crippen MR) is 58.3 cm³/mol. The molecule has 0 aromatic rings. The molecule has 0 saturated heterocycles. The topological polar surface area (TPSA) is 76.0 Å². The van der Waals surface area contributed by atoms with Crippen molar-refractivity contribution in [1.82, 2.24) is 0 Å². The molecule has 1 N–H and O–H groups in total. The third-order valence-corrected chi connectivity index (χ3v) is 2.17. The molecule has 1 aliphatic heterocycles. The van der Waals surface area contributed by atoms with Gasteiger partial charge in [-0.3, -0.25) is 14.6 Å². The van der Waals surface area contributed by atoms with Gasteiger partial charge in [-0.1, -0.05) is 0 Å². The summed E-state index contributed by atoms with van der Waals surface area (Å²) >= 11 is 0. The van der Waals surface area contributed by atoms with E-state index in [-0.39, 0.29) is 18.8 Å². The molecular formula is C11H15NO4. The van der Waals surface area contributed by atoms with Crippen LogP contribution in [0.5, 0.6) is 0 Å². The normalized spacial score (nSPS) is 13.6. The third kappa shape index (κ3) is 5.29. The van der Waals surface area contributed by atoms with Crippen molar-refractivity contribution in [2.24, 2.45) is 4.99 Å². The van der Waals surface area contributed by atoms with Crippen molar-refractivity contribution in [3.63, 3.8) is 0 Å². The zero-order valence-corrected chi connectivity index (χ0v) is 9.02. The monoisotopic (exact) mass is 225 g/mol. The lowest BCUT2D eigenvalue weighted by atomic mass is 10.2. The Bertz CT molecular complexity index is 320. The van der Waals surface area contributed by atoms with Crippen LogP contribution >= 0.6 is 0 Å². The summed E-state index contributed by atoms with van der Waals surface area (Å²) in [6.45, 7) is 0.348. The lowest BCUT2D eigenvalue weighted by molar-refractivity contribution is -0.144. The molecule has 0 unspecified atom stereocenters. The summed E-state index contributed by atoms with van der Waals surface area (Å²) in [6, 6.07) is 0. The molecule has 0 fully saturated rings. The molecule has 1 heterocycles. The molecule has 0 atom stereocenters. The van der Waals surface area contributed by atoms with Crippen molar-refractivity contribution in [2.75, 3.05) is 6.61 Å². The number of carbonyl (C=O) groups excluding carboxylic acids is 1. The van der Waals surface area contributed by atoms with Gasteiger partial charge < -0.3 is 9.84 Å². The number of aliphatic carboxylic acids is 1. The van der Waals surface area contributed by atoms with Crippen LogP contribution in [0.2, 0.25) is 0 Å². The van der Waals surface area contributed by atoms with Gasteiger partial charge in [-0.15, -0.1) is 0 Å². The number of nitrogens with zero attached hydrogens (tertiary/aromatic N) is 1. The highest BCUT2D eigenvalue weighted by molar-refractivity contribution is 5.71. The third-order valence-electron chi connectivity index (χ3n) is 2.17. The van der Waals surface area contributed by atoms with E-state index in [4.69, 9.17) is 9.84 Å². The van der Waals surface area contributed by atoms with Crippen molar-refractivity contribution < 1.29 is 19.4 Å². The van der Waals surface area contributed by atoms with E-state index in [1.165, 1.54) is 0 Å². The smallest absolute Gasteiger partial charge is 0.305 e. The van der Waals surface area contributed by atoms with Crippen LogP contribution in [0.15, 0.2) is 16.8 Å². The minimum Gasteiger partial charge on any atom is -0.481 e. The number of rotatable bonds is 7.